The van der Waals surface area contributed by atoms with E-state index in [-0.39, 0.29) is 11.7 Å². The number of Topliss-reactive ketones (excluding diaryl/α,β-unsaturated/α-hetero) is 1. The number of carbonyl (C=O) groups excluding carboxylic acids is 3. The Hall–Kier alpha value is -3.14. The molecule has 1 N–H and O–H groups in total. The summed E-state index contributed by atoms with van der Waals surface area (Å²) >= 11 is 0. The second-order valence-corrected chi connectivity index (χ2v) is 9.89. The predicted octanol–water partition coefficient (Wildman–Crippen LogP) is 2.17. The lowest BCUT2D eigenvalue weighted by molar-refractivity contribution is -0.145. The number of carbonyl (C=O) groups is 3. The van der Waals surface area contributed by atoms with E-state index in [1.165, 1.54) is 22.7 Å². The number of anilines is 1. The number of benzene rings is 1. The van der Waals surface area contributed by atoms with E-state index in [2.05, 4.69) is 5.32 Å². The number of nitrogens with one attached hydrogen (secondary N) is 1. The number of ketones is 1. The number of amides is 1. The van der Waals surface area contributed by atoms with Crippen LogP contribution in [0.2, 0.25) is 0 Å². The average Bonchev–Trinajstić information content (AvgIpc) is 3.28. The first-order chi connectivity index (χ1) is 15.1. The summed E-state index contributed by atoms with van der Waals surface area (Å²) in [5.74, 6) is -1.91. The van der Waals surface area contributed by atoms with Crippen molar-refractivity contribution in [1.29, 1.82) is 0 Å². The molecule has 2 aromatic rings. The molecule has 1 amide bonds. The number of hydrogen-bond acceptors (Lipinski definition) is 7. The van der Waals surface area contributed by atoms with Crippen LogP contribution < -0.4 is 9.62 Å². The number of rotatable bonds is 8. The molecule has 1 aliphatic rings. The molecule has 0 unspecified atom stereocenters. The van der Waals surface area contributed by atoms with Crippen LogP contribution in [0.15, 0.2) is 41.0 Å². The van der Waals surface area contributed by atoms with Crippen molar-refractivity contribution in [3.63, 3.8) is 0 Å². The van der Waals surface area contributed by atoms with Crippen LogP contribution in [0.3, 0.4) is 0 Å². The molecule has 1 atom stereocenters. The summed E-state index contributed by atoms with van der Waals surface area (Å²) in [5, 5.41) is 2.56. The van der Waals surface area contributed by atoms with E-state index in [0.717, 1.165) is 11.8 Å². The number of fused-ring (bicyclic) bond motifs is 1. The molecular formula is C22H26N2O7S. The highest BCUT2D eigenvalue weighted by Gasteiger charge is 2.28. The Labute approximate surface area is 186 Å². The lowest BCUT2D eigenvalue weighted by Crippen LogP contribution is -2.45. The molecule has 1 aromatic heterocycles. The monoisotopic (exact) mass is 462 g/mol. The zero-order valence-electron chi connectivity index (χ0n) is 18.2. The first kappa shape index (κ1) is 23.5. The number of hydrogen-bond donors (Lipinski definition) is 1. The normalized spacial score (nSPS) is 14.6. The largest absolute Gasteiger partial charge is 0.459 e. The molecule has 0 saturated carbocycles. The van der Waals surface area contributed by atoms with E-state index in [4.69, 9.17) is 9.15 Å². The summed E-state index contributed by atoms with van der Waals surface area (Å²) in [6, 6.07) is 6.85. The smallest absolute Gasteiger partial charge is 0.329 e. The van der Waals surface area contributed by atoms with E-state index in [1.807, 2.05) is 0 Å². The van der Waals surface area contributed by atoms with E-state index < -0.39 is 40.3 Å². The first-order valence-electron chi connectivity index (χ1n) is 10.2. The van der Waals surface area contributed by atoms with Crippen LogP contribution in [0, 0.1) is 5.92 Å². The Morgan fingerprint density at radius 1 is 1.22 bits per heavy atom. The zero-order chi connectivity index (χ0) is 23.5. The quantitative estimate of drug-likeness (QED) is 0.471. The third-order valence-electron chi connectivity index (χ3n) is 5.18. The Kier molecular flexibility index (Phi) is 7.02. The Morgan fingerprint density at radius 2 is 1.97 bits per heavy atom. The van der Waals surface area contributed by atoms with Gasteiger partial charge < -0.3 is 14.5 Å². The maximum Gasteiger partial charge on any atom is 0.329 e. The summed E-state index contributed by atoms with van der Waals surface area (Å²) in [6.07, 6.45) is 3.80. The molecule has 0 fully saturated rings. The van der Waals surface area contributed by atoms with Crippen molar-refractivity contribution in [3.8, 4) is 0 Å². The lowest BCUT2D eigenvalue weighted by Gasteiger charge is -2.29. The summed E-state index contributed by atoms with van der Waals surface area (Å²) in [7, 11) is -3.40. The van der Waals surface area contributed by atoms with Gasteiger partial charge in [-0.15, -0.1) is 0 Å². The van der Waals surface area contributed by atoms with Gasteiger partial charge in [-0.05, 0) is 54.7 Å². The van der Waals surface area contributed by atoms with Crippen molar-refractivity contribution < 1.29 is 32.0 Å². The Morgan fingerprint density at radius 3 is 2.59 bits per heavy atom. The van der Waals surface area contributed by atoms with E-state index in [9.17, 15) is 22.8 Å². The number of ether oxygens (including phenoxy) is 1. The molecule has 0 radical (unpaired) electrons. The molecule has 3 rings (SSSR count). The fourth-order valence-corrected chi connectivity index (χ4v) is 4.50. The highest BCUT2D eigenvalue weighted by molar-refractivity contribution is 7.92. The van der Waals surface area contributed by atoms with Crippen LogP contribution in [0.1, 0.15) is 46.7 Å². The lowest BCUT2D eigenvalue weighted by atomic mass is 9.99. The van der Waals surface area contributed by atoms with Gasteiger partial charge >= 0.3 is 5.97 Å². The number of nitrogens with zero attached hydrogens (tertiary/aromatic N) is 1. The van der Waals surface area contributed by atoms with Gasteiger partial charge in [0.15, 0.2) is 18.2 Å². The van der Waals surface area contributed by atoms with Crippen molar-refractivity contribution in [2.45, 2.75) is 32.7 Å². The van der Waals surface area contributed by atoms with Crippen LogP contribution in [0.4, 0.5) is 5.69 Å². The van der Waals surface area contributed by atoms with Crippen LogP contribution in [0.25, 0.3) is 0 Å². The molecule has 0 bridgehead atoms. The Bertz CT molecular complexity index is 1110. The van der Waals surface area contributed by atoms with E-state index >= 15 is 0 Å². The van der Waals surface area contributed by atoms with Gasteiger partial charge in [-0.2, -0.15) is 0 Å². The van der Waals surface area contributed by atoms with Crippen LogP contribution in [0.5, 0.6) is 0 Å². The highest BCUT2D eigenvalue weighted by Crippen LogP contribution is 2.30. The van der Waals surface area contributed by atoms with Crippen molar-refractivity contribution >= 4 is 33.4 Å². The van der Waals surface area contributed by atoms with Gasteiger partial charge in [0.25, 0.3) is 5.91 Å². The van der Waals surface area contributed by atoms with Crippen LogP contribution >= 0.6 is 0 Å². The third-order valence-corrected chi connectivity index (χ3v) is 6.36. The first-order valence-corrected chi connectivity index (χ1v) is 12.1. The van der Waals surface area contributed by atoms with Crippen LogP contribution in [-0.2, 0) is 26.0 Å². The van der Waals surface area contributed by atoms with Crippen molar-refractivity contribution in [3.05, 3.63) is 53.5 Å². The minimum Gasteiger partial charge on any atom is -0.459 e. The SMILES string of the molecule is CC(C)[C@H](NC(=O)c1ccco1)C(=O)OCC(=O)c1ccc2c(c1)CCCN2S(C)(=O)=O. The van der Waals surface area contributed by atoms with Crippen molar-refractivity contribution in [1.82, 2.24) is 5.32 Å². The van der Waals surface area contributed by atoms with Gasteiger partial charge in [0.05, 0.1) is 18.2 Å². The summed E-state index contributed by atoms with van der Waals surface area (Å²) < 4.78 is 35.5. The number of sulfonamides is 1. The summed E-state index contributed by atoms with van der Waals surface area (Å²) in [5.41, 5.74) is 1.64. The fraction of sp³-hybridized carbons (Fsp3) is 0.409. The molecule has 9 nitrogen and oxygen atoms in total. The number of aryl methyl sites for hydroxylation is 1. The zero-order valence-corrected chi connectivity index (χ0v) is 19.0. The molecule has 1 aromatic carbocycles. The molecule has 2 heterocycles. The molecular weight excluding hydrogens is 436 g/mol. The standard InChI is InChI=1S/C22H26N2O7S/c1-14(2)20(23-21(26)19-7-5-11-30-19)22(27)31-13-18(25)16-8-9-17-15(12-16)6-4-10-24(17)32(3,28)29/h5,7-9,11-12,14,20H,4,6,10,13H2,1-3H3,(H,23,26)/t20-/m0/s1. The van der Waals surface area contributed by atoms with E-state index in [1.54, 1.807) is 32.0 Å². The molecule has 0 aliphatic carbocycles. The van der Waals surface area contributed by atoms with Gasteiger partial charge in [0.1, 0.15) is 6.04 Å². The second kappa shape index (κ2) is 9.56. The summed E-state index contributed by atoms with van der Waals surface area (Å²) in [4.78, 5) is 37.3. The maximum atomic E-state index is 12.6. The molecule has 0 spiro atoms. The Balaban J connectivity index is 1.65. The third kappa shape index (κ3) is 5.37. The second-order valence-electron chi connectivity index (χ2n) is 7.99. The maximum absolute atomic E-state index is 12.6. The van der Waals surface area contributed by atoms with Gasteiger partial charge in [0, 0.05) is 12.1 Å². The summed E-state index contributed by atoms with van der Waals surface area (Å²) in [6.45, 7) is 3.39. The number of esters is 1. The van der Waals surface area contributed by atoms with Gasteiger partial charge in [-0.1, -0.05) is 13.8 Å². The predicted molar refractivity (Wildman–Crippen MR) is 117 cm³/mol. The van der Waals surface area contributed by atoms with Gasteiger partial charge in [0.2, 0.25) is 10.0 Å². The van der Waals surface area contributed by atoms with Gasteiger partial charge in [-0.25, -0.2) is 13.2 Å². The molecule has 0 saturated heterocycles. The van der Waals surface area contributed by atoms with E-state index in [0.29, 0.717) is 30.6 Å². The topological polar surface area (TPSA) is 123 Å². The molecule has 172 valence electrons. The molecule has 1 aliphatic heterocycles. The molecule has 32 heavy (non-hydrogen) atoms. The minimum atomic E-state index is -3.40. The highest BCUT2D eigenvalue weighted by atomic mass is 32.2. The fourth-order valence-electron chi connectivity index (χ4n) is 3.51. The minimum absolute atomic E-state index is 0.0664. The van der Waals surface area contributed by atoms with Crippen LogP contribution in [-0.4, -0.2) is 51.5 Å². The van der Waals surface area contributed by atoms with Gasteiger partial charge in [-0.3, -0.25) is 13.9 Å². The van der Waals surface area contributed by atoms with Crippen molar-refractivity contribution in [2.75, 3.05) is 23.7 Å². The average molecular weight is 463 g/mol. The molecule has 10 heteroatoms. The van der Waals surface area contributed by atoms with Crippen molar-refractivity contribution in [2.24, 2.45) is 5.92 Å². The number of furan rings is 1.